The van der Waals surface area contributed by atoms with Crippen LogP contribution < -0.4 is 4.90 Å². The first-order chi connectivity index (χ1) is 9.50. The van der Waals surface area contributed by atoms with Crippen LogP contribution in [0.3, 0.4) is 0 Å². The molecule has 1 aliphatic heterocycles. The Morgan fingerprint density at radius 3 is 2.80 bits per heavy atom. The number of rotatable bonds is 3. The van der Waals surface area contributed by atoms with Crippen molar-refractivity contribution in [2.24, 2.45) is 5.41 Å². The molecule has 108 valence electrons. The molecular formula is C14H19N3O3. The lowest BCUT2D eigenvalue weighted by Crippen LogP contribution is -2.42. The SMILES string of the molecule is CCC1(C(=O)O)CCN(C(=O)N(C)c2cccnc2)C1. The van der Waals surface area contributed by atoms with Gasteiger partial charge < -0.3 is 10.0 Å². The molecule has 1 atom stereocenters. The fourth-order valence-corrected chi connectivity index (χ4v) is 2.52. The number of pyridine rings is 1. The van der Waals surface area contributed by atoms with E-state index in [1.54, 1.807) is 36.5 Å². The van der Waals surface area contributed by atoms with Crippen molar-refractivity contribution >= 4 is 17.7 Å². The maximum Gasteiger partial charge on any atom is 0.324 e. The summed E-state index contributed by atoms with van der Waals surface area (Å²) in [5.74, 6) is -0.820. The van der Waals surface area contributed by atoms with Crippen molar-refractivity contribution in [2.45, 2.75) is 19.8 Å². The first-order valence-corrected chi connectivity index (χ1v) is 6.66. The van der Waals surface area contributed by atoms with Gasteiger partial charge in [-0.25, -0.2) is 4.79 Å². The van der Waals surface area contributed by atoms with E-state index < -0.39 is 11.4 Å². The van der Waals surface area contributed by atoms with Gasteiger partial charge in [-0.3, -0.25) is 14.7 Å². The summed E-state index contributed by atoms with van der Waals surface area (Å²) in [6.45, 7) is 2.60. The molecular weight excluding hydrogens is 258 g/mol. The Morgan fingerprint density at radius 2 is 2.30 bits per heavy atom. The summed E-state index contributed by atoms with van der Waals surface area (Å²) in [4.78, 5) is 30.9. The second-order valence-electron chi connectivity index (χ2n) is 5.16. The summed E-state index contributed by atoms with van der Waals surface area (Å²) < 4.78 is 0. The molecule has 0 bridgehead atoms. The Morgan fingerprint density at radius 1 is 1.55 bits per heavy atom. The highest BCUT2D eigenvalue weighted by molar-refractivity contribution is 5.92. The van der Waals surface area contributed by atoms with Crippen molar-refractivity contribution in [1.29, 1.82) is 0 Å². The minimum absolute atomic E-state index is 0.186. The number of amides is 2. The fraction of sp³-hybridized carbons (Fsp3) is 0.500. The first-order valence-electron chi connectivity index (χ1n) is 6.66. The zero-order valence-electron chi connectivity index (χ0n) is 11.7. The number of aromatic nitrogens is 1. The van der Waals surface area contributed by atoms with Gasteiger partial charge in [-0.2, -0.15) is 0 Å². The summed E-state index contributed by atoms with van der Waals surface area (Å²) in [7, 11) is 1.67. The van der Waals surface area contributed by atoms with Gasteiger partial charge in [-0.1, -0.05) is 6.92 Å². The van der Waals surface area contributed by atoms with E-state index in [1.165, 1.54) is 4.90 Å². The maximum absolute atomic E-state index is 12.4. The number of carboxylic acids is 1. The zero-order valence-corrected chi connectivity index (χ0v) is 11.7. The molecule has 2 rings (SSSR count). The van der Waals surface area contributed by atoms with Gasteiger partial charge in [0.05, 0.1) is 17.3 Å². The molecule has 1 saturated heterocycles. The molecule has 1 aliphatic rings. The van der Waals surface area contributed by atoms with Crippen LogP contribution in [0.1, 0.15) is 19.8 Å². The monoisotopic (exact) mass is 277 g/mol. The molecule has 6 heteroatoms. The normalized spacial score (nSPS) is 21.8. The summed E-state index contributed by atoms with van der Waals surface area (Å²) in [6.07, 6.45) is 4.29. The van der Waals surface area contributed by atoms with E-state index in [-0.39, 0.29) is 12.6 Å². The van der Waals surface area contributed by atoms with Crippen LogP contribution in [0, 0.1) is 5.41 Å². The molecule has 2 heterocycles. The van der Waals surface area contributed by atoms with Crippen LogP contribution in [-0.4, -0.2) is 47.1 Å². The van der Waals surface area contributed by atoms with Crippen molar-refractivity contribution in [1.82, 2.24) is 9.88 Å². The predicted octanol–water partition coefficient (Wildman–Crippen LogP) is 1.82. The number of carboxylic acid groups (broad SMARTS) is 1. The molecule has 0 aliphatic carbocycles. The topological polar surface area (TPSA) is 73.7 Å². The van der Waals surface area contributed by atoms with E-state index in [0.29, 0.717) is 25.1 Å². The van der Waals surface area contributed by atoms with E-state index >= 15 is 0 Å². The summed E-state index contributed by atoms with van der Waals surface area (Å²) in [6, 6.07) is 3.37. The number of likely N-dealkylation sites (tertiary alicyclic amines) is 1. The van der Waals surface area contributed by atoms with Crippen molar-refractivity contribution in [2.75, 3.05) is 25.0 Å². The van der Waals surface area contributed by atoms with Crippen molar-refractivity contribution in [3.8, 4) is 0 Å². The maximum atomic E-state index is 12.4. The Labute approximate surface area is 118 Å². The standard InChI is InChI=1S/C14H19N3O3/c1-3-14(12(18)19)6-8-17(10-14)13(20)16(2)11-5-4-7-15-9-11/h4-5,7,9H,3,6,8,10H2,1-2H3,(H,18,19). The van der Waals surface area contributed by atoms with Gasteiger partial charge in [0.2, 0.25) is 0 Å². The number of aliphatic carboxylic acids is 1. The molecule has 0 saturated carbocycles. The van der Waals surface area contributed by atoms with Gasteiger partial charge in [0.15, 0.2) is 0 Å². The molecule has 0 aromatic carbocycles. The number of carbonyl (C=O) groups excluding carboxylic acids is 1. The van der Waals surface area contributed by atoms with Crippen LogP contribution in [0.25, 0.3) is 0 Å². The van der Waals surface area contributed by atoms with Gasteiger partial charge >= 0.3 is 12.0 Å². The van der Waals surface area contributed by atoms with Crippen LogP contribution in [-0.2, 0) is 4.79 Å². The summed E-state index contributed by atoms with van der Waals surface area (Å²) in [5, 5.41) is 9.36. The quantitative estimate of drug-likeness (QED) is 0.914. The third-order valence-electron chi connectivity index (χ3n) is 4.07. The van der Waals surface area contributed by atoms with E-state index in [4.69, 9.17) is 0 Å². The first kappa shape index (κ1) is 14.3. The lowest BCUT2D eigenvalue weighted by Gasteiger charge is -2.26. The smallest absolute Gasteiger partial charge is 0.324 e. The van der Waals surface area contributed by atoms with E-state index in [0.717, 1.165) is 0 Å². The minimum Gasteiger partial charge on any atom is -0.481 e. The molecule has 1 aromatic heterocycles. The van der Waals surface area contributed by atoms with Crippen molar-refractivity contribution in [3.05, 3.63) is 24.5 Å². The van der Waals surface area contributed by atoms with Crippen LogP contribution in [0.5, 0.6) is 0 Å². The van der Waals surface area contributed by atoms with Crippen molar-refractivity contribution in [3.63, 3.8) is 0 Å². The molecule has 0 spiro atoms. The fourth-order valence-electron chi connectivity index (χ4n) is 2.52. The molecule has 0 radical (unpaired) electrons. The Balaban J connectivity index is 2.10. The average Bonchev–Trinajstić information content (AvgIpc) is 2.92. The van der Waals surface area contributed by atoms with E-state index in [1.807, 2.05) is 6.92 Å². The van der Waals surface area contributed by atoms with Gasteiger partial charge in [-0.05, 0) is 25.0 Å². The van der Waals surface area contributed by atoms with Crippen molar-refractivity contribution < 1.29 is 14.7 Å². The Hall–Kier alpha value is -2.11. The minimum atomic E-state index is -0.820. The zero-order chi connectivity index (χ0) is 14.8. The second-order valence-corrected chi connectivity index (χ2v) is 5.16. The molecule has 1 N–H and O–H groups in total. The average molecular weight is 277 g/mol. The van der Waals surface area contributed by atoms with Gasteiger partial charge in [0, 0.05) is 26.3 Å². The number of hydrogen-bond acceptors (Lipinski definition) is 3. The highest BCUT2D eigenvalue weighted by Gasteiger charge is 2.45. The Bertz CT molecular complexity index is 506. The number of carbonyl (C=O) groups is 2. The largest absolute Gasteiger partial charge is 0.481 e. The third-order valence-corrected chi connectivity index (χ3v) is 4.07. The molecule has 1 fully saturated rings. The summed E-state index contributed by atoms with van der Waals surface area (Å²) in [5.41, 5.74) is -0.104. The number of nitrogens with zero attached hydrogens (tertiary/aromatic N) is 3. The van der Waals surface area contributed by atoms with Crippen LogP contribution in [0.4, 0.5) is 10.5 Å². The van der Waals surface area contributed by atoms with Gasteiger partial charge in [0.25, 0.3) is 0 Å². The van der Waals surface area contributed by atoms with Gasteiger partial charge in [0.1, 0.15) is 0 Å². The lowest BCUT2D eigenvalue weighted by atomic mass is 9.84. The summed E-state index contributed by atoms with van der Waals surface area (Å²) >= 11 is 0. The highest BCUT2D eigenvalue weighted by atomic mass is 16.4. The number of anilines is 1. The third kappa shape index (κ3) is 2.45. The number of hydrogen-bond donors (Lipinski definition) is 1. The molecule has 1 unspecified atom stereocenters. The van der Waals surface area contributed by atoms with Crippen LogP contribution in [0.2, 0.25) is 0 Å². The molecule has 6 nitrogen and oxygen atoms in total. The van der Waals surface area contributed by atoms with Crippen LogP contribution in [0.15, 0.2) is 24.5 Å². The van der Waals surface area contributed by atoms with E-state index in [9.17, 15) is 14.7 Å². The van der Waals surface area contributed by atoms with Crippen LogP contribution >= 0.6 is 0 Å². The van der Waals surface area contributed by atoms with Gasteiger partial charge in [-0.15, -0.1) is 0 Å². The highest BCUT2D eigenvalue weighted by Crippen LogP contribution is 2.34. The molecule has 2 amide bonds. The predicted molar refractivity (Wildman–Crippen MR) is 74.6 cm³/mol. The molecule has 1 aromatic rings. The van der Waals surface area contributed by atoms with E-state index in [2.05, 4.69) is 4.98 Å². The number of urea groups is 1. The second kappa shape index (κ2) is 5.48. The Kier molecular flexibility index (Phi) is 3.92. The lowest BCUT2D eigenvalue weighted by molar-refractivity contribution is -0.148. The molecule has 20 heavy (non-hydrogen) atoms.